The SMILES string of the molecule is CCCCCNc1nc(N)c(C(=O)c2cccc(C(F)(F)F)c2)s1. The van der Waals surface area contributed by atoms with Gasteiger partial charge >= 0.3 is 6.18 Å². The number of halogens is 3. The van der Waals surface area contributed by atoms with Crippen LogP contribution in [0, 0.1) is 0 Å². The van der Waals surface area contributed by atoms with E-state index in [1.54, 1.807) is 0 Å². The molecule has 1 aromatic carbocycles. The number of anilines is 2. The van der Waals surface area contributed by atoms with Crippen molar-refractivity contribution in [1.82, 2.24) is 4.98 Å². The summed E-state index contributed by atoms with van der Waals surface area (Å²) in [5.41, 5.74) is 4.83. The highest BCUT2D eigenvalue weighted by atomic mass is 32.1. The predicted molar refractivity (Wildman–Crippen MR) is 89.4 cm³/mol. The zero-order valence-corrected chi connectivity index (χ0v) is 13.9. The Morgan fingerprint density at radius 3 is 2.75 bits per heavy atom. The van der Waals surface area contributed by atoms with Gasteiger partial charge in [-0.25, -0.2) is 4.98 Å². The standard InChI is InChI=1S/C16H18F3N3OS/c1-2-3-4-8-21-15-22-14(20)13(24-15)12(23)10-6-5-7-11(9-10)16(17,18)19/h5-7,9H,2-4,8,20H2,1H3,(H,21,22). The summed E-state index contributed by atoms with van der Waals surface area (Å²) in [6, 6.07) is 4.30. The lowest BCUT2D eigenvalue weighted by atomic mass is 10.1. The van der Waals surface area contributed by atoms with E-state index in [4.69, 9.17) is 5.73 Å². The van der Waals surface area contributed by atoms with Gasteiger partial charge in [0.15, 0.2) is 5.13 Å². The van der Waals surface area contributed by atoms with Crippen LogP contribution in [0.2, 0.25) is 0 Å². The molecule has 0 fully saturated rings. The number of hydrogen-bond acceptors (Lipinski definition) is 5. The summed E-state index contributed by atoms with van der Waals surface area (Å²) in [7, 11) is 0. The number of nitrogens with one attached hydrogen (secondary N) is 1. The second-order valence-electron chi connectivity index (χ2n) is 5.27. The van der Waals surface area contributed by atoms with Gasteiger partial charge in [-0.3, -0.25) is 4.79 Å². The molecule has 0 radical (unpaired) electrons. The molecule has 0 bridgehead atoms. The summed E-state index contributed by atoms with van der Waals surface area (Å²) in [6.45, 7) is 2.80. The maximum Gasteiger partial charge on any atom is 0.416 e. The second kappa shape index (κ2) is 7.65. The van der Waals surface area contributed by atoms with E-state index in [0.717, 1.165) is 42.7 Å². The molecule has 0 aliphatic heterocycles. The zero-order valence-electron chi connectivity index (χ0n) is 13.1. The summed E-state index contributed by atoms with van der Waals surface area (Å²) in [4.78, 5) is 16.6. The molecule has 0 unspecified atom stereocenters. The smallest absolute Gasteiger partial charge is 0.382 e. The molecule has 2 aromatic rings. The average molecular weight is 357 g/mol. The number of carbonyl (C=O) groups excluding carboxylic acids is 1. The number of ketones is 1. The van der Waals surface area contributed by atoms with Gasteiger partial charge in [-0.15, -0.1) is 0 Å². The van der Waals surface area contributed by atoms with Crippen molar-refractivity contribution in [3.05, 3.63) is 40.3 Å². The van der Waals surface area contributed by atoms with E-state index in [2.05, 4.69) is 17.2 Å². The Hall–Kier alpha value is -2.09. The molecular weight excluding hydrogens is 339 g/mol. The highest BCUT2D eigenvalue weighted by molar-refractivity contribution is 7.18. The van der Waals surface area contributed by atoms with Gasteiger partial charge in [0.05, 0.1) is 5.56 Å². The number of rotatable bonds is 7. The maximum atomic E-state index is 12.8. The van der Waals surface area contributed by atoms with E-state index < -0.39 is 17.5 Å². The Labute approximate surface area is 141 Å². The minimum absolute atomic E-state index is 0.0282. The van der Waals surface area contributed by atoms with Gasteiger partial charge in [0.25, 0.3) is 0 Å². The molecule has 1 heterocycles. The van der Waals surface area contributed by atoms with Crippen LogP contribution in [0.3, 0.4) is 0 Å². The first-order valence-electron chi connectivity index (χ1n) is 7.55. The van der Waals surface area contributed by atoms with Crippen LogP contribution < -0.4 is 11.1 Å². The number of hydrogen-bond donors (Lipinski definition) is 2. The van der Waals surface area contributed by atoms with Crippen LogP contribution in [-0.2, 0) is 6.18 Å². The van der Waals surface area contributed by atoms with E-state index in [-0.39, 0.29) is 16.3 Å². The van der Waals surface area contributed by atoms with Crippen molar-refractivity contribution < 1.29 is 18.0 Å². The summed E-state index contributed by atoms with van der Waals surface area (Å²) < 4.78 is 38.3. The number of benzene rings is 1. The van der Waals surface area contributed by atoms with Crippen LogP contribution in [0.4, 0.5) is 24.1 Å². The zero-order chi connectivity index (χ0) is 17.7. The van der Waals surface area contributed by atoms with Crippen LogP contribution in [0.5, 0.6) is 0 Å². The van der Waals surface area contributed by atoms with E-state index >= 15 is 0 Å². The Bertz CT molecular complexity index is 713. The number of nitrogens with zero attached hydrogens (tertiary/aromatic N) is 1. The largest absolute Gasteiger partial charge is 0.416 e. The fraction of sp³-hybridized carbons (Fsp3) is 0.375. The Balaban J connectivity index is 2.17. The monoisotopic (exact) mass is 357 g/mol. The first-order chi connectivity index (χ1) is 11.3. The fourth-order valence-corrected chi connectivity index (χ4v) is 2.98. The molecule has 8 heteroatoms. The normalized spacial score (nSPS) is 11.5. The molecule has 0 spiro atoms. The molecule has 0 saturated heterocycles. The molecule has 0 atom stereocenters. The molecule has 3 N–H and O–H groups in total. The Morgan fingerprint density at radius 2 is 2.08 bits per heavy atom. The molecule has 130 valence electrons. The van der Waals surface area contributed by atoms with Crippen molar-refractivity contribution in [2.24, 2.45) is 0 Å². The van der Waals surface area contributed by atoms with Crippen LogP contribution in [-0.4, -0.2) is 17.3 Å². The Kier molecular flexibility index (Phi) is 5.82. The number of aromatic nitrogens is 1. The lowest BCUT2D eigenvalue weighted by Gasteiger charge is -2.07. The first kappa shape index (κ1) is 18.3. The minimum Gasteiger partial charge on any atom is -0.382 e. The van der Waals surface area contributed by atoms with Crippen molar-refractivity contribution in [1.29, 1.82) is 0 Å². The lowest BCUT2D eigenvalue weighted by Crippen LogP contribution is -2.08. The molecule has 0 amide bonds. The summed E-state index contributed by atoms with van der Waals surface area (Å²) in [6.07, 6.45) is -1.38. The molecule has 0 aliphatic rings. The highest BCUT2D eigenvalue weighted by Crippen LogP contribution is 2.32. The number of carbonyl (C=O) groups is 1. The van der Waals surface area contributed by atoms with E-state index in [1.165, 1.54) is 12.1 Å². The van der Waals surface area contributed by atoms with E-state index in [1.807, 2.05) is 0 Å². The third kappa shape index (κ3) is 4.47. The van der Waals surface area contributed by atoms with Gasteiger partial charge in [0.2, 0.25) is 5.78 Å². The lowest BCUT2D eigenvalue weighted by molar-refractivity contribution is -0.137. The van der Waals surface area contributed by atoms with Crippen molar-refractivity contribution in [2.45, 2.75) is 32.4 Å². The van der Waals surface area contributed by atoms with Crippen LogP contribution in [0.1, 0.15) is 47.0 Å². The van der Waals surface area contributed by atoms with Crippen molar-refractivity contribution >= 4 is 28.1 Å². The third-order valence-electron chi connectivity index (χ3n) is 3.37. The first-order valence-corrected chi connectivity index (χ1v) is 8.36. The van der Waals surface area contributed by atoms with Crippen LogP contribution in [0.25, 0.3) is 0 Å². The van der Waals surface area contributed by atoms with Crippen molar-refractivity contribution in [2.75, 3.05) is 17.6 Å². The van der Waals surface area contributed by atoms with E-state index in [9.17, 15) is 18.0 Å². The van der Waals surface area contributed by atoms with Gasteiger partial charge in [0, 0.05) is 12.1 Å². The molecule has 2 rings (SSSR count). The number of nitrogens with two attached hydrogens (primary N) is 1. The summed E-state index contributed by atoms with van der Waals surface area (Å²) >= 11 is 1.06. The number of alkyl halides is 3. The van der Waals surface area contributed by atoms with Gasteiger partial charge in [-0.05, 0) is 18.6 Å². The maximum absolute atomic E-state index is 12.8. The summed E-state index contributed by atoms with van der Waals surface area (Å²) in [5.74, 6) is -0.530. The molecule has 24 heavy (non-hydrogen) atoms. The topological polar surface area (TPSA) is 68.0 Å². The van der Waals surface area contributed by atoms with Gasteiger partial charge in [-0.2, -0.15) is 13.2 Å². The van der Waals surface area contributed by atoms with Gasteiger partial charge in [-0.1, -0.05) is 43.2 Å². The molecule has 0 aliphatic carbocycles. The van der Waals surface area contributed by atoms with Crippen molar-refractivity contribution in [3.8, 4) is 0 Å². The number of thiazole rings is 1. The number of unbranched alkanes of at least 4 members (excludes halogenated alkanes) is 2. The molecular formula is C16H18F3N3OS. The average Bonchev–Trinajstić information content (AvgIpc) is 2.91. The van der Waals surface area contributed by atoms with Crippen LogP contribution in [0.15, 0.2) is 24.3 Å². The quantitative estimate of drug-likeness (QED) is 0.562. The van der Waals surface area contributed by atoms with Gasteiger partial charge < -0.3 is 11.1 Å². The van der Waals surface area contributed by atoms with E-state index in [0.29, 0.717) is 11.7 Å². The molecule has 1 aromatic heterocycles. The molecule has 4 nitrogen and oxygen atoms in total. The van der Waals surface area contributed by atoms with Crippen molar-refractivity contribution in [3.63, 3.8) is 0 Å². The molecule has 0 saturated carbocycles. The minimum atomic E-state index is -4.50. The Morgan fingerprint density at radius 1 is 1.33 bits per heavy atom. The summed E-state index contributed by atoms with van der Waals surface area (Å²) in [5, 5.41) is 3.58. The third-order valence-corrected chi connectivity index (χ3v) is 4.40. The van der Waals surface area contributed by atoms with Gasteiger partial charge in [0.1, 0.15) is 10.7 Å². The predicted octanol–water partition coefficient (Wildman–Crippen LogP) is 4.58. The fourth-order valence-electron chi connectivity index (χ4n) is 2.11. The second-order valence-corrected chi connectivity index (χ2v) is 6.27. The highest BCUT2D eigenvalue weighted by Gasteiger charge is 2.31. The van der Waals surface area contributed by atoms with Crippen LogP contribution >= 0.6 is 11.3 Å². The number of nitrogen functional groups attached to an aromatic ring is 1.